The maximum atomic E-state index is 12.5. The first-order chi connectivity index (χ1) is 16.6. The van der Waals surface area contributed by atoms with Crippen molar-refractivity contribution in [1.29, 1.82) is 0 Å². The van der Waals surface area contributed by atoms with Gasteiger partial charge in [0.2, 0.25) is 0 Å². The topological polar surface area (TPSA) is 30.0 Å². The number of carbonyl (C=O) groups is 1. The second-order valence-corrected chi connectivity index (χ2v) is 10.2. The lowest BCUT2D eigenvalue weighted by atomic mass is 9.98. The predicted octanol–water partition coefficient (Wildman–Crippen LogP) is 10.0. The molecule has 0 radical (unpaired) electrons. The van der Waals surface area contributed by atoms with Gasteiger partial charge in [0, 0.05) is 23.7 Å². The van der Waals surface area contributed by atoms with E-state index in [-0.39, 0.29) is 5.78 Å². The van der Waals surface area contributed by atoms with Crippen molar-refractivity contribution < 1.29 is 4.79 Å². The second kappa shape index (κ2) is 17.5. The lowest BCUT2D eigenvalue weighted by molar-refractivity contribution is 0.0978. The predicted molar refractivity (Wildman–Crippen MR) is 147 cm³/mol. The molecule has 0 saturated heterocycles. The molecule has 0 amide bonds. The summed E-state index contributed by atoms with van der Waals surface area (Å²) in [5, 5.41) is 0. The third-order valence-electron chi connectivity index (χ3n) is 7.19. The van der Waals surface area contributed by atoms with Crippen LogP contribution in [0.25, 0.3) is 11.3 Å². The third kappa shape index (κ3) is 11.4. The number of aryl methyl sites for hydroxylation is 1. The first-order valence-electron chi connectivity index (χ1n) is 14.2. The largest absolute Gasteiger partial charge is 0.294 e. The number of Topliss-reactive ketones (excluding diaryl/α,β-unsaturated/α-hetero) is 1. The number of pyridine rings is 1. The molecule has 1 unspecified atom stereocenters. The zero-order chi connectivity index (χ0) is 24.4. The van der Waals surface area contributed by atoms with E-state index in [1.54, 1.807) is 0 Å². The summed E-state index contributed by atoms with van der Waals surface area (Å²) in [5.41, 5.74) is 4.22. The third-order valence-corrected chi connectivity index (χ3v) is 7.19. The molecule has 0 N–H and O–H groups in total. The smallest absolute Gasteiger partial charge is 0.162 e. The van der Waals surface area contributed by atoms with Crippen LogP contribution in [-0.4, -0.2) is 10.8 Å². The van der Waals surface area contributed by atoms with Crippen molar-refractivity contribution in [2.24, 2.45) is 5.92 Å². The van der Waals surface area contributed by atoms with E-state index in [0.717, 1.165) is 42.0 Å². The Labute approximate surface area is 210 Å². The first-order valence-corrected chi connectivity index (χ1v) is 14.2. The highest BCUT2D eigenvalue weighted by Crippen LogP contribution is 2.20. The molecule has 0 bridgehead atoms. The fourth-order valence-corrected chi connectivity index (χ4v) is 4.51. The first kappa shape index (κ1) is 28.3. The summed E-state index contributed by atoms with van der Waals surface area (Å²) in [4.78, 5) is 17.2. The van der Waals surface area contributed by atoms with Crippen LogP contribution in [-0.2, 0) is 6.42 Å². The SMILES string of the molecule is CCCCCCCCCCCCc1ccc(-c2ccc(C(=O)CCCCC(C)CC)cc2)nc1. The minimum absolute atomic E-state index is 0.260. The maximum absolute atomic E-state index is 12.5. The molecule has 1 aromatic carbocycles. The number of hydrogen-bond acceptors (Lipinski definition) is 2. The standard InChI is InChI=1S/C32H49NO/c1-4-6-7-8-9-10-11-12-13-14-18-28-20-25-31(33-26-28)29-21-23-30(24-22-29)32(34)19-16-15-17-27(3)5-2/h20-27H,4-19H2,1-3H3. The average molecular weight is 464 g/mol. The minimum Gasteiger partial charge on any atom is -0.294 e. The van der Waals surface area contributed by atoms with Crippen molar-refractivity contribution >= 4 is 5.78 Å². The van der Waals surface area contributed by atoms with Gasteiger partial charge in [-0.15, -0.1) is 0 Å². The molecule has 0 aliphatic heterocycles. The van der Waals surface area contributed by atoms with Gasteiger partial charge in [-0.2, -0.15) is 0 Å². The fourth-order valence-electron chi connectivity index (χ4n) is 4.51. The number of rotatable bonds is 19. The number of unbranched alkanes of at least 4 members (excludes halogenated alkanes) is 10. The molecule has 0 saturated carbocycles. The van der Waals surface area contributed by atoms with E-state index in [1.165, 1.54) is 82.6 Å². The summed E-state index contributed by atoms with van der Waals surface area (Å²) in [5.74, 6) is 1.03. The molecule has 188 valence electrons. The summed E-state index contributed by atoms with van der Waals surface area (Å²) >= 11 is 0. The van der Waals surface area contributed by atoms with Gasteiger partial charge < -0.3 is 0 Å². The molecule has 1 heterocycles. The van der Waals surface area contributed by atoms with E-state index in [9.17, 15) is 4.79 Å². The van der Waals surface area contributed by atoms with Crippen LogP contribution in [0.3, 0.4) is 0 Å². The highest BCUT2D eigenvalue weighted by atomic mass is 16.1. The molecular weight excluding hydrogens is 414 g/mol. The second-order valence-electron chi connectivity index (χ2n) is 10.2. The summed E-state index contributed by atoms with van der Waals surface area (Å²) < 4.78 is 0. The number of hydrogen-bond donors (Lipinski definition) is 0. The van der Waals surface area contributed by atoms with Crippen molar-refractivity contribution in [3.63, 3.8) is 0 Å². The molecule has 34 heavy (non-hydrogen) atoms. The number of carbonyl (C=O) groups excluding carboxylic acids is 1. The zero-order valence-electron chi connectivity index (χ0n) is 22.3. The summed E-state index contributed by atoms with van der Waals surface area (Å²) in [7, 11) is 0. The van der Waals surface area contributed by atoms with Gasteiger partial charge in [0.25, 0.3) is 0 Å². The molecule has 0 spiro atoms. The zero-order valence-corrected chi connectivity index (χ0v) is 22.3. The molecular formula is C32H49NO. The van der Waals surface area contributed by atoms with Crippen LogP contribution < -0.4 is 0 Å². The number of benzene rings is 1. The van der Waals surface area contributed by atoms with Crippen LogP contribution in [0.2, 0.25) is 0 Å². The van der Waals surface area contributed by atoms with Crippen molar-refractivity contribution in [2.75, 3.05) is 0 Å². The van der Waals surface area contributed by atoms with Crippen molar-refractivity contribution in [2.45, 2.75) is 124 Å². The highest BCUT2D eigenvalue weighted by molar-refractivity contribution is 5.96. The normalized spacial score (nSPS) is 12.1. The Morgan fingerprint density at radius 1 is 0.765 bits per heavy atom. The van der Waals surface area contributed by atoms with Crippen LogP contribution in [0.5, 0.6) is 0 Å². The van der Waals surface area contributed by atoms with Gasteiger partial charge in [-0.3, -0.25) is 9.78 Å². The van der Waals surface area contributed by atoms with Gasteiger partial charge in [-0.25, -0.2) is 0 Å². The summed E-state index contributed by atoms with van der Waals surface area (Å²) in [6.07, 6.45) is 22.1. The minimum atomic E-state index is 0.260. The Hall–Kier alpha value is -1.96. The Morgan fingerprint density at radius 2 is 1.41 bits per heavy atom. The van der Waals surface area contributed by atoms with E-state index in [2.05, 4.69) is 37.9 Å². The van der Waals surface area contributed by atoms with Crippen LogP contribution in [0.15, 0.2) is 42.6 Å². The van der Waals surface area contributed by atoms with Crippen molar-refractivity contribution in [1.82, 2.24) is 4.98 Å². The summed E-state index contributed by atoms with van der Waals surface area (Å²) in [6.45, 7) is 6.80. The average Bonchev–Trinajstić information content (AvgIpc) is 2.88. The molecule has 1 atom stereocenters. The molecule has 2 nitrogen and oxygen atoms in total. The molecule has 0 aliphatic rings. The number of aromatic nitrogens is 1. The number of nitrogens with zero attached hydrogens (tertiary/aromatic N) is 1. The van der Waals surface area contributed by atoms with Gasteiger partial charge >= 0.3 is 0 Å². The van der Waals surface area contributed by atoms with Gasteiger partial charge in [0.05, 0.1) is 5.69 Å². The van der Waals surface area contributed by atoms with E-state index in [1.807, 2.05) is 30.5 Å². The van der Waals surface area contributed by atoms with Crippen LogP contribution in [0, 0.1) is 5.92 Å². The van der Waals surface area contributed by atoms with E-state index in [4.69, 9.17) is 0 Å². The van der Waals surface area contributed by atoms with E-state index in [0.29, 0.717) is 6.42 Å². The van der Waals surface area contributed by atoms with Gasteiger partial charge in [0.1, 0.15) is 0 Å². The van der Waals surface area contributed by atoms with Gasteiger partial charge in [-0.05, 0) is 36.8 Å². The van der Waals surface area contributed by atoms with Crippen LogP contribution in [0.4, 0.5) is 0 Å². The molecule has 0 fully saturated rings. The quantitative estimate of drug-likeness (QED) is 0.153. The summed E-state index contributed by atoms with van der Waals surface area (Å²) in [6, 6.07) is 12.3. The molecule has 2 aromatic rings. The highest BCUT2D eigenvalue weighted by Gasteiger charge is 2.08. The van der Waals surface area contributed by atoms with Crippen molar-refractivity contribution in [3.8, 4) is 11.3 Å². The lowest BCUT2D eigenvalue weighted by Gasteiger charge is -2.08. The van der Waals surface area contributed by atoms with E-state index >= 15 is 0 Å². The fraction of sp³-hybridized carbons (Fsp3) is 0.625. The lowest BCUT2D eigenvalue weighted by Crippen LogP contribution is -2.00. The van der Waals surface area contributed by atoms with Gasteiger partial charge in [-0.1, -0.05) is 128 Å². The molecule has 2 rings (SSSR count). The van der Waals surface area contributed by atoms with E-state index < -0.39 is 0 Å². The Morgan fingerprint density at radius 3 is 2.00 bits per heavy atom. The van der Waals surface area contributed by atoms with Crippen LogP contribution in [0.1, 0.15) is 133 Å². The monoisotopic (exact) mass is 463 g/mol. The Bertz CT molecular complexity index is 778. The molecule has 2 heteroatoms. The Kier molecular flexibility index (Phi) is 14.5. The van der Waals surface area contributed by atoms with Crippen molar-refractivity contribution in [3.05, 3.63) is 53.7 Å². The maximum Gasteiger partial charge on any atom is 0.162 e. The van der Waals surface area contributed by atoms with Gasteiger partial charge in [0.15, 0.2) is 5.78 Å². The molecule has 0 aliphatic carbocycles. The van der Waals surface area contributed by atoms with Crippen LogP contribution >= 0.6 is 0 Å². The Balaban J connectivity index is 1.65. The molecule has 1 aromatic heterocycles. The number of ketones is 1.